The summed E-state index contributed by atoms with van der Waals surface area (Å²) in [5, 5.41) is 5.00. The molecule has 2 atom stereocenters. The smallest absolute Gasteiger partial charge is 0.111 e. The fraction of sp³-hybridized carbons (Fsp3) is 1.00. The van der Waals surface area contributed by atoms with E-state index in [2.05, 4.69) is 13.8 Å². The summed E-state index contributed by atoms with van der Waals surface area (Å²) in [7, 11) is 3.50. The molecule has 5 heteroatoms. The van der Waals surface area contributed by atoms with Gasteiger partial charge in [-0.3, -0.25) is 0 Å². The van der Waals surface area contributed by atoms with E-state index < -0.39 is 0 Å². The van der Waals surface area contributed by atoms with Gasteiger partial charge in [-0.15, -0.1) is 0 Å². The fourth-order valence-corrected chi connectivity index (χ4v) is 6.62. The van der Waals surface area contributed by atoms with E-state index in [1.807, 2.05) is 0 Å². The molecule has 0 fully saturated rings. The minimum absolute atomic E-state index is 0.0496. The minimum atomic E-state index is 0.0496. The first-order valence-electron chi connectivity index (χ1n) is 21.2. The van der Waals surface area contributed by atoms with Crippen molar-refractivity contribution in [1.82, 2.24) is 0 Å². The van der Waals surface area contributed by atoms with Crippen molar-refractivity contribution in [3.05, 3.63) is 0 Å². The first-order chi connectivity index (χ1) is 23.3. The molecule has 0 aliphatic heterocycles. The van der Waals surface area contributed by atoms with Crippen LogP contribution in [-0.4, -0.2) is 39.6 Å². The molecule has 0 aromatic rings. The molecule has 0 aliphatic rings. The third-order valence-corrected chi connectivity index (χ3v) is 10.0. The molecule has 0 saturated carbocycles. The summed E-state index contributed by atoms with van der Waals surface area (Å²) >= 11 is 0. The molecule has 284 valence electrons. The van der Waals surface area contributed by atoms with Crippen LogP contribution in [0.25, 0.3) is 0 Å². The quantitative estimate of drug-likeness (QED) is 0.0367. The maximum Gasteiger partial charge on any atom is 0.111 e. The monoisotopic (exact) mass is 671 g/mol. The molecule has 0 saturated heterocycles. The lowest BCUT2D eigenvalue weighted by Gasteiger charge is -2.16. The molecular formula is C42H86O5. The molecule has 0 aliphatic carbocycles. The predicted molar refractivity (Wildman–Crippen MR) is 203 cm³/mol. The fourth-order valence-electron chi connectivity index (χ4n) is 6.62. The zero-order chi connectivity index (χ0) is 34.1. The maximum atomic E-state index is 5.58. The number of methoxy groups -OCH3 is 2. The third kappa shape index (κ3) is 38.5. The lowest BCUT2D eigenvalue weighted by atomic mass is 10.0. The first-order valence-corrected chi connectivity index (χ1v) is 21.2. The van der Waals surface area contributed by atoms with E-state index in [-0.39, 0.29) is 12.2 Å². The maximum absolute atomic E-state index is 5.58. The van der Waals surface area contributed by atoms with E-state index in [0.29, 0.717) is 13.2 Å². The van der Waals surface area contributed by atoms with Crippen molar-refractivity contribution in [2.45, 2.75) is 244 Å². The lowest BCUT2D eigenvalue weighted by molar-refractivity contribution is -0.519. The topological polar surface area (TPSA) is 46.2 Å². The summed E-state index contributed by atoms with van der Waals surface area (Å²) < 4.78 is 11.2. The summed E-state index contributed by atoms with van der Waals surface area (Å²) in [4.78, 5) is 10.6. The molecule has 0 aromatic heterocycles. The van der Waals surface area contributed by atoms with Gasteiger partial charge in [-0.05, 0) is 12.8 Å². The van der Waals surface area contributed by atoms with Crippen LogP contribution in [0.2, 0.25) is 0 Å². The minimum Gasteiger partial charge on any atom is -0.379 e. The second kappa shape index (κ2) is 42.0. The zero-order valence-corrected chi connectivity index (χ0v) is 32.7. The largest absolute Gasteiger partial charge is 0.379 e. The molecule has 0 heterocycles. The van der Waals surface area contributed by atoms with Gasteiger partial charge in [0.25, 0.3) is 0 Å². The molecule has 0 N–H and O–H groups in total. The Hall–Kier alpha value is -0.200. The molecule has 5 nitrogen and oxygen atoms in total. The van der Waals surface area contributed by atoms with E-state index in [9.17, 15) is 0 Å². The van der Waals surface area contributed by atoms with Gasteiger partial charge in [0.1, 0.15) is 13.2 Å². The average molecular weight is 671 g/mol. The van der Waals surface area contributed by atoms with Gasteiger partial charge in [-0.1, -0.05) is 224 Å². The van der Waals surface area contributed by atoms with Crippen molar-refractivity contribution in [3.8, 4) is 0 Å². The Balaban J connectivity index is 3.44. The number of unbranched alkanes of at least 4 members (excludes halogenated alkanes) is 30. The predicted octanol–water partition coefficient (Wildman–Crippen LogP) is 14.2. The summed E-state index contributed by atoms with van der Waals surface area (Å²) in [6.45, 7) is 5.38. The molecular weight excluding hydrogens is 584 g/mol. The van der Waals surface area contributed by atoms with E-state index in [4.69, 9.17) is 24.3 Å². The standard InChI is InChI=1S/C42H86O5/c1-5-7-9-11-13-15-17-19-21-23-25-27-29-31-33-35-37-41(43-3)39-45-47-46-40-42(44-4)38-36-34-32-30-28-26-24-22-20-18-16-14-12-10-8-6-2/h41-42H,5-40H2,1-4H3. The van der Waals surface area contributed by atoms with Crippen LogP contribution < -0.4 is 0 Å². The van der Waals surface area contributed by atoms with Gasteiger partial charge in [0.05, 0.1) is 12.2 Å². The molecule has 0 radical (unpaired) electrons. The second-order valence-corrected chi connectivity index (χ2v) is 14.5. The highest BCUT2D eigenvalue weighted by atomic mass is 17.5. The van der Waals surface area contributed by atoms with Crippen molar-refractivity contribution < 1.29 is 24.3 Å². The van der Waals surface area contributed by atoms with E-state index in [1.165, 1.54) is 205 Å². The van der Waals surface area contributed by atoms with Crippen LogP contribution in [0, 0.1) is 0 Å². The second-order valence-electron chi connectivity index (χ2n) is 14.5. The van der Waals surface area contributed by atoms with Crippen molar-refractivity contribution in [3.63, 3.8) is 0 Å². The van der Waals surface area contributed by atoms with Crippen LogP contribution in [0.15, 0.2) is 0 Å². The van der Waals surface area contributed by atoms with Gasteiger partial charge in [0, 0.05) is 14.2 Å². The number of hydrogen-bond acceptors (Lipinski definition) is 5. The summed E-state index contributed by atoms with van der Waals surface area (Å²) in [6.07, 6.45) is 46.5. The molecule has 0 rings (SSSR count). The van der Waals surface area contributed by atoms with E-state index in [0.717, 1.165) is 12.8 Å². The number of rotatable bonds is 42. The Morgan fingerprint density at radius 3 is 0.723 bits per heavy atom. The van der Waals surface area contributed by atoms with Crippen LogP contribution >= 0.6 is 0 Å². The third-order valence-electron chi connectivity index (χ3n) is 10.0. The van der Waals surface area contributed by atoms with Gasteiger partial charge in [-0.25, -0.2) is 9.78 Å². The molecule has 47 heavy (non-hydrogen) atoms. The normalized spacial score (nSPS) is 13.0. The van der Waals surface area contributed by atoms with E-state index >= 15 is 0 Å². The SMILES string of the molecule is CCCCCCCCCCCCCCCCCCC(COOOCC(CCCCCCCCCCCCCCCCCC)OC)OC. The van der Waals surface area contributed by atoms with E-state index in [1.54, 1.807) is 14.2 Å². The Morgan fingerprint density at radius 1 is 0.298 bits per heavy atom. The Bertz CT molecular complexity index is 499. The highest BCUT2D eigenvalue weighted by Gasteiger charge is 2.11. The number of hydrogen-bond donors (Lipinski definition) is 0. The molecule has 0 aromatic carbocycles. The molecule has 0 amide bonds. The highest BCUT2D eigenvalue weighted by Crippen LogP contribution is 2.17. The summed E-state index contributed by atoms with van der Waals surface area (Å²) in [5.41, 5.74) is 0. The van der Waals surface area contributed by atoms with Crippen molar-refractivity contribution in [1.29, 1.82) is 0 Å². The van der Waals surface area contributed by atoms with Crippen LogP contribution in [0.1, 0.15) is 232 Å². The van der Waals surface area contributed by atoms with Crippen LogP contribution in [0.5, 0.6) is 0 Å². The first kappa shape index (κ1) is 46.8. The van der Waals surface area contributed by atoms with Crippen LogP contribution in [0.4, 0.5) is 0 Å². The van der Waals surface area contributed by atoms with Crippen LogP contribution in [0.3, 0.4) is 0 Å². The Kier molecular flexibility index (Phi) is 41.8. The summed E-state index contributed by atoms with van der Waals surface area (Å²) in [5.74, 6) is 0. The molecule has 0 spiro atoms. The molecule has 2 unspecified atom stereocenters. The highest BCUT2D eigenvalue weighted by molar-refractivity contribution is 4.58. The average Bonchev–Trinajstić information content (AvgIpc) is 3.09. The number of ether oxygens (including phenoxy) is 2. The van der Waals surface area contributed by atoms with Gasteiger partial charge >= 0.3 is 0 Å². The summed E-state index contributed by atoms with van der Waals surface area (Å²) in [6, 6.07) is 0. The van der Waals surface area contributed by atoms with Gasteiger partial charge in [0.15, 0.2) is 0 Å². The van der Waals surface area contributed by atoms with Crippen molar-refractivity contribution in [2.75, 3.05) is 27.4 Å². The Labute approximate surface area is 295 Å². The van der Waals surface area contributed by atoms with Gasteiger partial charge in [-0.2, -0.15) is 0 Å². The van der Waals surface area contributed by atoms with Crippen LogP contribution in [-0.2, 0) is 24.3 Å². The lowest BCUT2D eigenvalue weighted by Crippen LogP contribution is -2.21. The van der Waals surface area contributed by atoms with Crippen molar-refractivity contribution in [2.24, 2.45) is 0 Å². The van der Waals surface area contributed by atoms with Crippen molar-refractivity contribution >= 4 is 0 Å². The zero-order valence-electron chi connectivity index (χ0n) is 32.7. The molecule has 0 bridgehead atoms. The van der Waals surface area contributed by atoms with Gasteiger partial charge < -0.3 is 9.47 Å². The van der Waals surface area contributed by atoms with Gasteiger partial charge in [0.2, 0.25) is 0 Å². The Morgan fingerprint density at radius 2 is 0.511 bits per heavy atom.